The van der Waals surface area contributed by atoms with Gasteiger partial charge in [0.25, 0.3) is 0 Å². The lowest BCUT2D eigenvalue weighted by Gasteiger charge is -2.10. The van der Waals surface area contributed by atoms with Gasteiger partial charge in [-0.25, -0.2) is 4.79 Å². The van der Waals surface area contributed by atoms with Crippen LogP contribution in [0.3, 0.4) is 0 Å². The van der Waals surface area contributed by atoms with E-state index in [2.05, 4.69) is 0 Å². The molecule has 0 saturated heterocycles. The van der Waals surface area contributed by atoms with Crippen LogP contribution in [0.4, 0.5) is 0 Å². The topological polar surface area (TPSA) is 61.5 Å². The molecule has 1 unspecified atom stereocenters. The van der Waals surface area contributed by atoms with E-state index in [1.165, 1.54) is 0 Å². The zero-order valence-corrected chi connectivity index (χ0v) is 7.00. The summed E-state index contributed by atoms with van der Waals surface area (Å²) >= 11 is 0. The van der Waals surface area contributed by atoms with E-state index in [4.69, 9.17) is 15.2 Å². The van der Waals surface area contributed by atoms with E-state index in [1.807, 2.05) is 0 Å². The van der Waals surface area contributed by atoms with E-state index < -0.39 is 6.10 Å². The maximum absolute atomic E-state index is 10.9. The number of hydrogen-bond acceptors (Lipinski definition) is 4. The van der Waals surface area contributed by atoms with Gasteiger partial charge in [0.1, 0.15) is 0 Å². The number of ether oxygens (including phenoxy) is 2. The summed E-state index contributed by atoms with van der Waals surface area (Å²) < 4.78 is 9.70. The number of esters is 1. The van der Waals surface area contributed by atoms with E-state index in [-0.39, 0.29) is 5.97 Å². The van der Waals surface area contributed by atoms with Gasteiger partial charge >= 0.3 is 5.97 Å². The summed E-state index contributed by atoms with van der Waals surface area (Å²) in [5.74, 6) is -0.332. The molecular weight excluding hydrogens is 146 g/mol. The molecule has 66 valence electrons. The lowest BCUT2D eigenvalue weighted by Crippen LogP contribution is -2.25. The average molecular weight is 161 g/mol. The molecule has 4 heteroatoms. The molecule has 0 radical (unpaired) electrons. The molecule has 0 bridgehead atoms. The molecule has 1 atom stereocenters. The van der Waals surface area contributed by atoms with Crippen LogP contribution in [0.25, 0.3) is 0 Å². The standard InChI is InChI=1S/C7H15NO3/c1-3-10-7(9)6(2)11-5-4-8/h6H,3-5,8H2,1-2H3. The molecule has 0 aromatic rings. The highest BCUT2D eigenvalue weighted by Crippen LogP contribution is 1.93. The fraction of sp³-hybridized carbons (Fsp3) is 0.857. The van der Waals surface area contributed by atoms with Gasteiger partial charge < -0.3 is 15.2 Å². The zero-order chi connectivity index (χ0) is 8.69. The molecule has 0 fully saturated rings. The summed E-state index contributed by atoms with van der Waals surface area (Å²) in [7, 11) is 0. The molecule has 11 heavy (non-hydrogen) atoms. The second-order valence-corrected chi connectivity index (χ2v) is 2.05. The second kappa shape index (κ2) is 6.12. The van der Waals surface area contributed by atoms with Gasteiger partial charge in [-0.1, -0.05) is 0 Å². The van der Waals surface area contributed by atoms with Crippen molar-refractivity contribution < 1.29 is 14.3 Å². The van der Waals surface area contributed by atoms with Crippen LogP contribution in [0.5, 0.6) is 0 Å². The van der Waals surface area contributed by atoms with E-state index in [9.17, 15) is 4.79 Å². The molecule has 4 nitrogen and oxygen atoms in total. The number of carbonyl (C=O) groups is 1. The Bertz CT molecular complexity index is 116. The van der Waals surface area contributed by atoms with Crippen molar-refractivity contribution >= 4 is 5.97 Å². The first-order valence-corrected chi connectivity index (χ1v) is 3.70. The van der Waals surface area contributed by atoms with Crippen LogP contribution in [0.1, 0.15) is 13.8 Å². The highest BCUT2D eigenvalue weighted by atomic mass is 16.6. The largest absolute Gasteiger partial charge is 0.464 e. The van der Waals surface area contributed by atoms with Crippen molar-refractivity contribution in [2.75, 3.05) is 19.8 Å². The third-order valence-electron chi connectivity index (χ3n) is 1.10. The minimum atomic E-state index is -0.501. The van der Waals surface area contributed by atoms with Gasteiger partial charge in [-0.15, -0.1) is 0 Å². The molecule has 0 saturated carbocycles. The third kappa shape index (κ3) is 4.75. The first-order chi connectivity index (χ1) is 5.22. The van der Waals surface area contributed by atoms with E-state index in [0.29, 0.717) is 19.8 Å². The minimum absolute atomic E-state index is 0.332. The molecular formula is C7H15NO3. The summed E-state index contributed by atoms with van der Waals surface area (Å²) in [5, 5.41) is 0. The van der Waals surface area contributed by atoms with Crippen molar-refractivity contribution in [1.29, 1.82) is 0 Å². The number of rotatable bonds is 5. The van der Waals surface area contributed by atoms with E-state index in [1.54, 1.807) is 13.8 Å². The van der Waals surface area contributed by atoms with Crippen molar-refractivity contribution in [3.8, 4) is 0 Å². The fourth-order valence-electron chi connectivity index (χ4n) is 0.572. The lowest BCUT2D eigenvalue weighted by molar-refractivity contribution is -0.155. The maximum atomic E-state index is 10.9. The number of carbonyl (C=O) groups excluding carboxylic acids is 1. The predicted octanol–water partition coefficient (Wildman–Crippen LogP) is -0.0867. The van der Waals surface area contributed by atoms with Crippen molar-refractivity contribution in [3.05, 3.63) is 0 Å². The van der Waals surface area contributed by atoms with Gasteiger partial charge in [-0.2, -0.15) is 0 Å². The van der Waals surface area contributed by atoms with Crippen LogP contribution in [-0.4, -0.2) is 31.8 Å². The van der Waals surface area contributed by atoms with Crippen molar-refractivity contribution in [2.24, 2.45) is 5.73 Å². The Hall–Kier alpha value is -0.610. The Labute approximate surface area is 66.7 Å². The summed E-state index contributed by atoms with van der Waals surface area (Å²) in [4.78, 5) is 10.9. The SMILES string of the molecule is CCOC(=O)C(C)OCCN. The highest BCUT2D eigenvalue weighted by molar-refractivity contribution is 5.74. The van der Waals surface area contributed by atoms with E-state index >= 15 is 0 Å². The normalized spacial score (nSPS) is 12.6. The summed E-state index contributed by atoms with van der Waals surface area (Å²) in [5.41, 5.74) is 5.17. The fourth-order valence-corrected chi connectivity index (χ4v) is 0.572. The molecule has 0 aliphatic rings. The van der Waals surface area contributed by atoms with Gasteiger partial charge in [0.2, 0.25) is 0 Å². The number of nitrogens with two attached hydrogens (primary N) is 1. The smallest absolute Gasteiger partial charge is 0.334 e. The maximum Gasteiger partial charge on any atom is 0.334 e. The highest BCUT2D eigenvalue weighted by Gasteiger charge is 2.12. The first-order valence-electron chi connectivity index (χ1n) is 3.70. The van der Waals surface area contributed by atoms with Gasteiger partial charge in [0, 0.05) is 6.54 Å². The Morgan fingerprint density at radius 1 is 1.64 bits per heavy atom. The van der Waals surface area contributed by atoms with Crippen LogP contribution in [0.15, 0.2) is 0 Å². The Morgan fingerprint density at radius 2 is 2.27 bits per heavy atom. The lowest BCUT2D eigenvalue weighted by atomic mass is 10.4. The molecule has 0 amide bonds. The van der Waals surface area contributed by atoms with Crippen molar-refractivity contribution in [1.82, 2.24) is 0 Å². The van der Waals surface area contributed by atoms with Gasteiger partial charge in [-0.3, -0.25) is 0 Å². The van der Waals surface area contributed by atoms with E-state index in [0.717, 1.165) is 0 Å². The Morgan fingerprint density at radius 3 is 2.73 bits per heavy atom. The van der Waals surface area contributed by atoms with Crippen LogP contribution in [-0.2, 0) is 14.3 Å². The van der Waals surface area contributed by atoms with Crippen molar-refractivity contribution in [2.45, 2.75) is 20.0 Å². The minimum Gasteiger partial charge on any atom is -0.464 e. The van der Waals surface area contributed by atoms with Gasteiger partial charge in [-0.05, 0) is 13.8 Å². The summed E-state index contributed by atoms with van der Waals surface area (Å²) in [6.07, 6.45) is -0.501. The number of hydrogen-bond donors (Lipinski definition) is 1. The summed E-state index contributed by atoms with van der Waals surface area (Å²) in [6.45, 7) is 4.60. The molecule has 2 N–H and O–H groups in total. The molecule has 0 aliphatic carbocycles. The zero-order valence-electron chi connectivity index (χ0n) is 7.00. The Kier molecular flexibility index (Phi) is 5.78. The molecule has 0 aliphatic heterocycles. The molecule has 0 rings (SSSR count). The summed E-state index contributed by atoms with van der Waals surface area (Å²) in [6, 6.07) is 0. The van der Waals surface area contributed by atoms with Gasteiger partial charge in [0.15, 0.2) is 6.10 Å². The quantitative estimate of drug-likeness (QED) is 0.572. The molecule has 0 heterocycles. The third-order valence-corrected chi connectivity index (χ3v) is 1.10. The van der Waals surface area contributed by atoms with Gasteiger partial charge in [0.05, 0.1) is 13.2 Å². The average Bonchev–Trinajstić information content (AvgIpc) is 2.00. The predicted molar refractivity (Wildman–Crippen MR) is 41.1 cm³/mol. The monoisotopic (exact) mass is 161 g/mol. The second-order valence-electron chi connectivity index (χ2n) is 2.05. The van der Waals surface area contributed by atoms with Crippen LogP contribution in [0.2, 0.25) is 0 Å². The van der Waals surface area contributed by atoms with Crippen LogP contribution >= 0.6 is 0 Å². The van der Waals surface area contributed by atoms with Crippen molar-refractivity contribution in [3.63, 3.8) is 0 Å². The molecule has 0 aromatic carbocycles. The first kappa shape index (κ1) is 10.4. The van der Waals surface area contributed by atoms with Crippen LogP contribution < -0.4 is 5.73 Å². The molecule has 0 spiro atoms. The molecule has 0 aromatic heterocycles. The van der Waals surface area contributed by atoms with Crippen LogP contribution in [0, 0.1) is 0 Å². The Balaban J connectivity index is 3.46.